The molecule has 2 rings (SSSR count). The SMILES string of the molecule is CC(C)n1ccc(-c2ccc(Br)cc2)c1N. The van der Waals surface area contributed by atoms with Crippen molar-refractivity contribution < 1.29 is 0 Å². The average molecular weight is 279 g/mol. The number of aromatic nitrogens is 1. The molecule has 0 unspecified atom stereocenters. The zero-order valence-corrected chi connectivity index (χ0v) is 11.0. The fraction of sp³-hybridized carbons (Fsp3) is 0.231. The molecule has 0 aliphatic heterocycles. The van der Waals surface area contributed by atoms with E-state index < -0.39 is 0 Å². The number of halogens is 1. The van der Waals surface area contributed by atoms with Gasteiger partial charge in [-0.25, -0.2) is 0 Å². The van der Waals surface area contributed by atoms with Crippen LogP contribution in [0.3, 0.4) is 0 Å². The first-order valence-electron chi connectivity index (χ1n) is 5.32. The Hall–Kier alpha value is -1.22. The van der Waals surface area contributed by atoms with Crippen LogP contribution in [0.5, 0.6) is 0 Å². The third-order valence-electron chi connectivity index (χ3n) is 2.67. The number of rotatable bonds is 2. The van der Waals surface area contributed by atoms with Crippen molar-refractivity contribution in [2.24, 2.45) is 0 Å². The topological polar surface area (TPSA) is 30.9 Å². The smallest absolute Gasteiger partial charge is 0.111 e. The van der Waals surface area contributed by atoms with Crippen molar-refractivity contribution in [1.82, 2.24) is 4.57 Å². The van der Waals surface area contributed by atoms with Crippen LogP contribution in [0.25, 0.3) is 11.1 Å². The highest BCUT2D eigenvalue weighted by molar-refractivity contribution is 9.10. The molecular formula is C13H15BrN2. The summed E-state index contributed by atoms with van der Waals surface area (Å²) in [6.07, 6.45) is 2.04. The molecule has 1 aromatic heterocycles. The molecule has 0 amide bonds. The normalized spacial score (nSPS) is 11.0. The molecule has 0 bridgehead atoms. The number of nitrogens with two attached hydrogens (primary N) is 1. The highest BCUT2D eigenvalue weighted by Gasteiger charge is 2.09. The Kier molecular flexibility index (Phi) is 3.06. The molecule has 0 aliphatic rings. The molecule has 0 fully saturated rings. The quantitative estimate of drug-likeness (QED) is 0.882. The summed E-state index contributed by atoms with van der Waals surface area (Å²) in [5.74, 6) is 0.831. The molecule has 1 heterocycles. The van der Waals surface area contributed by atoms with Gasteiger partial charge in [0, 0.05) is 22.3 Å². The molecule has 0 atom stereocenters. The van der Waals surface area contributed by atoms with Crippen LogP contribution in [0.4, 0.5) is 5.82 Å². The van der Waals surface area contributed by atoms with E-state index in [1.165, 1.54) is 0 Å². The number of nitrogen functional groups attached to an aromatic ring is 1. The molecular weight excluding hydrogens is 264 g/mol. The number of anilines is 1. The number of benzene rings is 1. The fourth-order valence-electron chi connectivity index (χ4n) is 1.78. The van der Waals surface area contributed by atoms with E-state index in [2.05, 4.69) is 52.5 Å². The Morgan fingerprint density at radius 1 is 1.12 bits per heavy atom. The van der Waals surface area contributed by atoms with E-state index in [9.17, 15) is 0 Å². The first kappa shape index (κ1) is 11.3. The maximum Gasteiger partial charge on any atom is 0.111 e. The minimum absolute atomic E-state index is 0.393. The van der Waals surface area contributed by atoms with Gasteiger partial charge < -0.3 is 10.3 Å². The number of hydrogen-bond acceptors (Lipinski definition) is 1. The second kappa shape index (κ2) is 4.34. The fourth-order valence-corrected chi connectivity index (χ4v) is 2.05. The van der Waals surface area contributed by atoms with Gasteiger partial charge in [0.2, 0.25) is 0 Å². The summed E-state index contributed by atoms with van der Waals surface area (Å²) in [5, 5.41) is 0. The Labute approximate surface area is 104 Å². The lowest BCUT2D eigenvalue weighted by Gasteiger charge is -2.10. The molecule has 3 heteroatoms. The Morgan fingerprint density at radius 2 is 1.75 bits per heavy atom. The molecule has 2 N–H and O–H groups in total. The second-order valence-electron chi connectivity index (χ2n) is 4.12. The van der Waals surface area contributed by atoms with Crippen molar-refractivity contribution in [3.8, 4) is 11.1 Å². The summed E-state index contributed by atoms with van der Waals surface area (Å²) in [6, 6.07) is 10.7. The number of hydrogen-bond donors (Lipinski definition) is 1. The minimum atomic E-state index is 0.393. The van der Waals surface area contributed by atoms with E-state index in [1.54, 1.807) is 0 Å². The summed E-state index contributed by atoms with van der Waals surface area (Å²) in [6.45, 7) is 4.25. The van der Waals surface area contributed by atoms with Crippen molar-refractivity contribution in [2.75, 3.05) is 5.73 Å². The van der Waals surface area contributed by atoms with E-state index in [0.29, 0.717) is 6.04 Å². The summed E-state index contributed by atoms with van der Waals surface area (Å²) in [7, 11) is 0. The maximum atomic E-state index is 6.13. The third-order valence-corrected chi connectivity index (χ3v) is 3.20. The van der Waals surface area contributed by atoms with Gasteiger partial charge in [0.05, 0.1) is 0 Å². The van der Waals surface area contributed by atoms with Crippen LogP contribution in [-0.2, 0) is 0 Å². The van der Waals surface area contributed by atoms with Gasteiger partial charge in [-0.05, 0) is 37.6 Å². The van der Waals surface area contributed by atoms with Gasteiger partial charge in [0.1, 0.15) is 5.82 Å². The van der Waals surface area contributed by atoms with E-state index >= 15 is 0 Å². The predicted molar refractivity (Wildman–Crippen MR) is 72.4 cm³/mol. The molecule has 0 spiro atoms. The largest absolute Gasteiger partial charge is 0.385 e. The van der Waals surface area contributed by atoms with Crippen LogP contribution in [0, 0.1) is 0 Å². The molecule has 84 valence electrons. The molecule has 0 saturated carbocycles. The van der Waals surface area contributed by atoms with Crippen molar-refractivity contribution in [2.45, 2.75) is 19.9 Å². The van der Waals surface area contributed by atoms with Crippen LogP contribution < -0.4 is 5.73 Å². The van der Waals surface area contributed by atoms with Gasteiger partial charge in [0.15, 0.2) is 0 Å². The van der Waals surface area contributed by atoms with Crippen molar-refractivity contribution in [1.29, 1.82) is 0 Å². The van der Waals surface area contributed by atoms with Crippen molar-refractivity contribution in [3.05, 3.63) is 41.0 Å². The second-order valence-corrected chi connectivity index (χ2v) is 5.04. The van der Waals surface area contributed by atoms with Crippen LogP contribution in [0.1, 0.15) is 19.9 Å². The van der Waals surface area contributed by atoms with E-state index in [0.717, 1.165) is 21.4 Å². The van der Waals surface area contributed by atoms with E-state index in [1.807, 2.05) is 18.3 Å². The molecule has 2 nitrogen and oxygen atoms in total. The molecule has 2 aromatic rings. The lowest BCUT2D eigenvalue weighted by Crippen LogP contribution is -2.04. The molecule has 16 heavy (non-hydrogen) atoms. The molecule has 1 aromatic carbocycles. The van der Waals surface area contributed by atoms with Crippen LogP contribution >= 0.6 is 15.9 Å². The van der Waals surface area contributed by atoms with Gasteiger partial charge in [-0.1, -0.05) is 28.1 Å². The Bertz CT molecular complexity index is 483. The summed E-state index contributed by atoms with van der Waals surface area (Å²) in [5.41, 5.74) is 8.38. The van der Waals surface area contributed by atoms with Crippen LogP contribution in [0.2, 0.25) is 0 Å². The van der Waals surface area contributed by atoms with E-state index in [-0.39, 0.29) is 0 Å². The first-order chi connectivity index (χ1) is 7.59. The maximum absolute atomic E-state index is 6.13. The van der Waals surface area contributed by atoms with Gasteiger partial charge in [-0.15, -0.1) is 0 Å². The van der Waals surface area contributed by atoms with Gasteiger partial charge in [0.25, 0.3) is 0 Å². The average Bonchev–Trinajstić information content (AvgIpc) is 2.61. The van der Waals surface area contributed by atoms with Crippen molar-refractivity contribution in [3.63, 3.8) is 0 Å². The third kappa shape index (κ3) is 2.00. The Balaban J connectivity index is 2.45. The van der Waals surface area contributed by atoms with Crippen LogP contribution in [-0.4, -0.2) is 4.57 Å². The Morgan fingerprint density at radius 3 is 2.25 bits per heavy atom. The minimum Gasteiger partial charge on any atom is -0.385 e. The lowest BCUT2D eigenvalue weighted by atomic mass is 10.1. The molecule has 0 radical (unpaired) electrons. The molecule has 0 aliphatic carbocycles. The van der Waals surface area contributed by atoms with Gasteiger partial charge in [-0.2, -0.15) is 0 Å². The van der Waals surface area contributed by atoms with Crippen molar-refractivity contribution >= 4 is 21.7 Å². The number of nitrogens with zero attached hydrogens (tertiary/aromatic N) is 1. The van der Waals surface area contributed by atoms with Gasteiger partial charge >= 0.3 is 0 Å². The standard InChI is InChI=1S/C13H15BrN2/c1-9(2)16-8-7-12(13(16)15)10-3-5-11(14)6-4-10/h3-9H,15H2,1-2H3. The first-order valence-corrected chi connectivity index (χ1v) is 6.11. The summed E-state index contributed by atoms with van der Waals surface area (Å²) >= 11 is 3.43. The molecule has 0 saturated heterocycles. The van der Waals surface area contributed by atoms with E-state index in [4.69, 9.17) is 5.73 Å². The van der Waals surface area contributed by atoms with Crippen LogP contribution in [0.15, 0.2) is 41.0 Å². The predicted octanol–water partition coefficient (Wildman–Crippen LogP) is 4.08. The highest BCUT2D eigenvalue weighted by atomic mass is 79.9. The zero-order chi connectivity index (χ0) is 11.7. The highest BCUT2D eigenvalue weighted by Crippen LogP contribution is 2.29. The summed E-state index contributed by atoms with van der Waals surface area (Å²) in [4.78, 5) is 0. The monoisotopic (exact) mass is 278 g/mol. The van der Waals surface area contributed by atoms with Gasteiger partial charge in [-0.3, -0.25) is 0 Å². The summed E-state index contributed by atoms with van der Waals surface area (Å²) < 4.78 is 3.16. The zero-order valence-electron chi connectivity index (χ0n) is 9.44. The lowest BCUT2D eigenvalue weighted by molar-refractivity contribution is 0.612.